The number of rotatable bonds is 9. The molecule has 0 saturated carbocycles. The minimum absolute atomic E-state index is 0.265. The van der Waals surface area contributed by atoms with Gasteiger partial charge in [0.2, 0.25) is 0 Å². The number of hydrogen-bond donors (Lipinski definition) is 1. The van der Waals surface area contributed by atoms with Gasteiger partial charge in [0, 0.05) is 12.2 Å². The standard InChI is InChI=1S/C24H25FINO2/c1-3-17-8-10-21(11-9-17)27-15-19-13-22(26)24(23(14-19)28-4-2)29-16-18-6-5-7-20(25)12-18/h5-14,27H,3-4,15-16H2,1-2H3. The second-order valence-corrected chi connectivity index (χ2v) is 7.82. The molecule has 0 saturated heterocycles. The van der Waals surface area contributed by atoms with Gasteiger partial charge in [-0.3, -0.25) is 0 Å². The molecule has 0 aliphatic rings. The summed E-state index contributed by atoms with van der Waals surface area (Å²) in [5.74, 6) is 1.13. The zero-order valence-electron chi connectivity index (χ0n) is 16.7. The van der Waals surface area contributed by atoms with Crippen LogP contribution in [0.15, 0.2) is 60.7 Å². The SMILES string of the molecule is CCOc1cc(CNc2ccc(CC)cc2)cc(I)c1OCc1cccc(F)c1. The molecule has 0 radical (unpaired) electrons. The van der Waals surface area contributed by atoms with E-state index >= 15 is 0 Å². The van der Waals surface area contributed by atoms with Gasteiger partial charge in [0.15, 0.2) is 11.5 Å². The van der Waals surface area contributed by atoms with Crippen molar-refractivity contribution in [1.82, 2.24) is 0 Å². The summed E-state index contributed by atoms with van der Waals surface area (Å²) >= 11 is 2.26. The van der Waals surface area contributed by atoms with Crippen LogP contribution in [0.25, 0.3) is 0 Å². The first-order valence-corrected chi connectivity index (χ1v) is 10.8. The lowest BCUT2D eigenvalue weighted by atomic mass is 10.1. The highest BCUT2D eigenvalue weighted by atomic mass is 127. The number of halogens is 2. The van der Waals surface area contributed by atoms with Crippen LogP contribution in [-0.4, -0.2) is 6.61 Å². The van der Waals surface area contributed by atoms with Crippen LogP contribution in [0, 0.1) is 9.39 Å². The molecule has 0 fully saturated rings. The van der Waals surface area contributed by atoms with E-state index in [1.807, 2.05) is 19.1 Å². The van der Waals surface area contributed by atoms with E-state index in [0.29, 0.717) is 24.7 Å². The average Bonchev–Trinajstić information content (AvgIpc) is 2.72. The molecule has 1 N–H and O–H groups in total. The largest absolute Gasteiger partial charge is 0.490 e. The third-order valence-electron chi connectivity index (χ3n) is 4.50. The summed E-state index contributed by atoms with van der Waals surface area (Å²) in [6, 6.07) is 19.0. The molecule has 0 heterocycles. The van der Waals surface area contributed by atoms with Gasteiger partial charge in [0.05, 0.1) is 10.2 Å². The van der Waals surface area contributed by atoms with Crippen LogP contribution in [0.1, 0.15) is 30.5 Å². The molecule has 0 unspecified atom stereocenters. The highest BCUT2D eigenvalue weighted by Gasteiger charge is 2.13. The average molecular weight is 505 g/mol. The number of hydrogen-bond acceptors (Lipinski definition) is 3. The minimum Gasteiger partial charge on any atom is -0.490 e. The van der Waals surface area contributed by atoms with Gasteiger partial charge in [-0.1, -0.05) is 31.2 Å². The number of aryl methyl sites for hydroxylation is 1. The van der Waals surface area contributed by atoms with Gasteiger partial charge in [0.1, 0.15) is 12.4 Å². The molecule has 0 amide bonds. The van der Waals surface area contributed by atoms with Crippen molar-refractivity contribution in [2.24, 2.45) is 0 Å². The molecule has 5 heteroatoms. The molecule has 3 rings (SSSR count). The van der Waals surface area contributed by atoms with Gasteiger partial charge in [-0.05, 0) is 89.0 Å². The van der Waals surface area contributed by atoms with Gasteiger partial charge in [-0.15, -0.1) is 0 Å². The van der Waals surface area contributed by atoms with Gasteiger partial charge in [0.25, 0.3) is 0 Å². The van der Waals surface area contributed by atoms with Crippen molar-refractivity contribution in [3.05, 3.63) is 86.7 Å². The fraction of sp³-hybridized carbons (Fsp3) is 0.250. The molecule has 0 aliphatic heterocycles. The first-order chi connectivity index (χ1) is 14.1. The first kappa shape index (κ1) is 21.4. The van der Waals surface area contributed by atoms with Crippen molar-refractivity contribution in [2.45, 2.75) is 33.4 Å². The summed E-state index contributed by atoms with van der Waals surface area (Å²) in [5, 5.41) is 3.45. The smallest absolute Gasteiger partial charge is 0.174 e. The van der Waals surface area contributed by atoms with Crippen molar-refractivity contribution < 1.29 is 13.9 Å². The predicted octanol–water partition coefficient (Wildman–Crippen LogP) is 6.58. The predicted molar refractivity (Wildman–Crippen MR) is 124 cm³/mol. The molecular formula is C24H25FINO2. The lowest BCUT2D eigenvalue weighted by molar-refractivity contribution is 0.267. The van der Waals surface area contributed by atoms with Crippen molar-refractivity contribution in [3.8, 4) is 11.5 Å². The third-order valence-corrected chi connectivity index (χ3v) is 5.30. The van der Waals surface area contributed by atoms with Gasteiger partial charge < -0.3 is 14.8 Å². The maximum Gasteiger partial charge on any atom is 0.174 e. The molecule has 152 valence electrons. The number of ether oxygens (including phenoxy) is 2. The lowest BCUT2D eigenvalue weighted by Crippen LogP contribution is -2.05. The van der Waals surface area contributed by atoms with Crippen molar-refractivity contribution >= 4 is 28.3 Å². The van der Waals surface area contributed by atoms with Crippen LogP contribution in [-0.2, 0) is 19.6 Å². The summed E-state index contributed by atoms with van der Waals surface area (Å²) < 4.78 is 26.2. The van der Waals surface area contributed by atoms with Crippen LogP contribution < -0.4 is 14.8 Å². The van der Waals surface area contributed by atoms with Gasteiger partial charge in [-0.25, -0.2) is 4.39 Å². The summed E-state index contributed by atoms with van der Waals surface area (Å²) in [6.07, 6.45) is 1.03. The molecule has 3 aromatic carbocycles. The normalized spacial score (nSPS) is 10.6. The summed E-state index contributed by atoms with van der Waals surface area (Å²) in [4.78, 5) is 0. The third kappa shape index (κ3) is 6.10. The van der Waals surface area contributed by atoms with E-state index < -0.39 is 0 Å². The maximum absolute atomic E-state index is 13.4. The van der Waals surface area contributed by atoms with Crippen molar-refractivity contribution in [2.75, 3.05) is 11.9 Å². The van der Waals surface area contributed by atoms with E-state index in [1.165, 1.54) is 17.7 Å². The van der Waals surface area contributed by atoms with Gasteiger partial charge in [-0.2, -0.15) is 0 Å². The molecule has 0 aliphatic carbocycles. The lowest BCUT2D eigenvalue weighted by Gasteiger charge is -2.16. The zero-order valence-corrected chi connectivity index (χ0v) is 18.8. The Kier molecular flexibility index (Phi) is 7.75. The molecule has 3 aromatic rings. The fourth-order valence-corrected chi connectivity index (χ4v) is 3.79. The molecular weight excluding hydrogens is 480 g/mol. The number of nitrogens with one attached hydrogen (secondary N) is 1. The topological polar surface area (TPSA) is 30.5 Å². The number of anilines is 1. The Hall–Kier alpha value is -2.28. The summed E-state index contributed by atoms with van der Waals surface area (Å²) in [7, 11) is 0. The zero-order chi connectivity index (χ0) is 20.6. The highest BCUT2D eigenvalue weighted by molar-refractivity contribution is 14.1. The molecule has 3 nitrogen and oxygen atoms in total. The Morgan fingerprint density at radius 2 is 1.69 bits per heavy atom. The van der Waals surface area contributed by atoms with Crippen LogP contribution >= 0.6 is 22.6 Å². The van der Waals surface area contributed by atoms with E-state index in [0.717, 1.165) is 26.8 Å². The Labute approximate surface area is 185 Å². The second-order valence-electron chi connectivity index (χ2n) is 6.66. The molecule has 0 aromatic heterocycles. The van der Waals surface area contributed by atoms with Gasteiger partial charge >= 0.3 is 0 Å². The Bertz CT molecular complexity index is 944. The van der Waals surface area contributed by atoms with Crippen LogP contribution in [0.3, 0.4) is 0 Å². The molecule has 0 bridgehead atoms. The Morgan fingerprint density at radius 3 is 2.38 bits per heavy atom. The van der Waals surface area contributed by atoms with E-state index in [2.05, 4.69) is 65.2 Å². The van der Waals surface area contributed by atoms with Crippen molar-refractivity contribution in [3.63, 3.8) is 0 Å². The van der Waals surface area contributed by atoms with E-state index in [-0.39, 0.29) is 12.4 Å². The van der Waals surface area contributed by atoms with Crippen LogP contribution in [0.4, 0.5) is 10.1 Å². The number of benzene rings is 3. The van der Waals surface area contributed by atoms with Crippen molar-refractivity contribution in [1.29, 1.82) is 0 Å². The quantitative estimate of drug-likeness (QED) is 0.333. The Morgan fingerprint density at radius 1 is 0.897 bits per heavy atom. The molecule has 0 atom stereocenters. The molecule has 29 heavy (non-hydrogen) atoms. The fourth-order valence-electron chi connectivity index (χ4n) is 2.97. The van der Waals surface area contributed by atoms with E-state index in [9.17, 15) is 4.39 Å². The summed E-state index contributed by atoms with van der Waals surface area (Å²) in [5.41, 5.74) is 4.30. The maximum atomic E-state index is 13.4. The minimum atomic E-state index is -0.265. The second kappa shape index (κ2) is 10.5. The van der Waals surface area contributed by atoms with E-state index in [4.69, 9.17) is 9.47 Å². The van der Waals surface area contributed by atoms with E-state index in [1.54, 1.807) is 6.07 Å². The van der Waals surface area contributed by atoms with Crippen LogP contribution in [0.2, 0.25) is 0 Å². The molecule has 0 spiro atoms. The first-order valence-electron chi connectivity index (χ1n) is 9.74. The summed E-state index contributed by atoms with van der Waals surface area (Å²) in [6.45, 7) is 5.61. The van der Waals surface area contributed by atoms with Crippen LogP contribution in [0.5, 0.6) is 11.5 Å². The highest BCUT2D eigenvalue weighted by Crippen LogP contribution is 2.35. The Balaban J connectivity index is 1.72. The monoisotopic (exact) mass is 505 g/mol.